The summed E-state index contributed by atoms with van der Waals surface area (Å²) in [6, 6.07) is 52.9. The molecule has 3 nitrogen and oxygen atoms in total. The maximum Gasteiger partial charge on any atom is 0.161 e. The van der Waals surface area contributed by atoms with Gasteiger partial charge in [0, 0.05) is 11.1 Å². The number of aliphatic imine (C=N–C) groups is 3. The minimum atomic E-state index is 0.468. The van der Waals surface area contributed by atoms with Crippen LogP contribution in [-0.2, 0) is 6.54 Å². The van der Waals surface area contributed by atoms with Gasteiger partial charge in [0.2, 0.25) is 0 Å². The summed E-state index contributed by atoms with van der Waals surface area (Å²) in [4.78, 5) is 14.6. The number of amidine groups is 2. The molecular formula is C47H41N3. The fraction of sp³-hybridized carbons (Fsp3) is 0.0851. The smallest absolute Gasteiger partial charge is 0.161 e. The molecule has 0 aliphatic heterocycles. The Bertz CT molecular complexity index is 2220. The molecule has 3 heteroatoms. The highest BCUT2D eigenvalue weighted by atomic mass is 15.0. The van der Waals surface area contributed by atoms with E-state index in [4.69, 9.17) is 9.98 Å². The van der Waals surface area contributed by atoms with E-state index in [0.29, 0.717) is 18.2 Å². The molecule has 6 aromatic rings. The Morgan fingerprint density at radius 2 is 1.08 bits per heavy atom. The number of benzene rings is 6. The number of nitrogens with zero attached hydrogens (tertiary/aromatic N) is 3. The minimum Gasteiger partial charge on any atom is -0.261 e. The largest absolute Gasteiger partial charge is 0.261 e. The van der Waals surface area contributed by atoms with E-state index in [1.54, 1.807) is 0 Å². The van der Waals surface area contributed by atoms with Gasteiger partial charge >= 0.3 is 0 Å². The second-order valence-electron chi connectivity index (χ2n) is 12.2. The third-order valence-electron chi connectivity index (χ3n) is 8.61. The molecule has 6 rings (SSSR count). The first-order valence-electron chi connectivity index (χ1n) is 17.0. The van der Waals surface area contributed by atoms with Crippen LogP contribution in [0.5, 0.6) is 0 Å². The van der Waals surface area contributed by atoms with Crippen molar-refractivity contribution in [2.24, 2.45) is 15.0 Å². The van der Waals surface area contributed by atoms with Crippen LogP contribution in [0.3, 0.4) is 0 Å². The second-order valence-corrected chi connectivity index (χ2v) is 12.2. The van der Waals surface area contributed by atoms with Crippen molar-refractivity contribution >= 4 is 24.0 Å². The molecule has 50 heavy (non-hydrogen) atoms. The van der Waals surface area contributed by atoms with Crippen LogP contribution in [0.2, 0.25) is 0 Å². The van der Waals surface area contributed by atoms with Crippen LogP contribution < -0.4 is 0 Å². The maximum atomic E-state index is 5.11. The zero-order chi connectivity index (χ0) is 34.7. The third kappa shape index (κ3) is 8.26. The Morgan fingerprint density at radius 1 is 0.540 bits per heavy atom. The van der Waals surface area contributed by atoms with Gasteiger partial charge in [0.25, 0.3) is 0 Å². The Morgan fingerprint density at radius 3 is 1.68 bits per heavy atom. The summed E-state index contributed by atoms with van der Waals surface area (Å²) in [7, 11) is 0. The van der Waals surface area contributed by atoms with Crippen molar-refractivity contribution in [3.8, 4) is 33.4 Å². The van der Waals surface area contributed by atoms with E-state index in [2.05, 4.69) is 165 Å². The van der Waals surface area contributed by atoms with Crippen LogP contribution >= 0.6 is 0 Å². The van der Waals surface area contributed by atoms with Crippen molar-refractivity contribution in [3.05, 3.63) is 198 Å². The molecule has 0 saturated heterocycles. The summed E-state index contributed by atoms with van der Waals surface area (Å²) in [5.74, 6) is 1.12. The van der Waals surface area contributed by atoms with Gasteiger partial charge in [0.05, 0.1) is 6.54 Å². The number of rotatable bonds is 9. The fourth-order valence-electron chi connectivity index (χ4n) is 6.00. The lowest BCUT2D eigenvalue weighted by Crippen LogP contribution is -2.06. The number of hydrogen-bond donors (Lipinski definition) is 0. The molecule has 0 aliphatic carbocycles. The van der Waals surface area contributed by atoms with Crippen LogP contribution in [0.4, 0.5) is 0 Å². The van der Waals surface area contributed by atoms with Crippen molar-refractivity contribution in [2.45, 2.75) is 27.3 Å². The Balaban J connectivity index is 1.40. The zero-order valence-corrected chi connectivity index (χ0v) is 28.9. The topological polar surface area (TPSA) is 37.1 Å². The molecule has 0 N–H and O–H groups in total. The van der Waals surface area contributed by atoms with Crippen molar-refractivity contribution in [1.82, 2.24) is 0 Å². The van der Waals surface area contributed by atoms with Gasteiger partial charge in [-0.1, -0.05) is 157 Å². The van der Waals surface area contributed by atoms with E-state index in [1.165, 1.54) is 27.8 Å². The van der Waals surface area contributed by atoms with Crippen LogP contribution in [0, 0.1) is 6.92 Å². The van der Waals surface area contributed by atoms with Crippen molar-refractivity contribution in [3.63, 3.8) is 0 Å². The lowest BCUT2D eigenvalue weighted by atomic mass is 9.97. The Hall–Kier alpha value is -6.19. The molecule has 0 amide bonds. The molecule has 0 saturated carbocycles. The van der Waals surface area contributed by atoms with E-state index in [1.807, 2.05) is 37.3 Å². The Kier molecular flexibility index (Phi) is 11.0. The van der Waals surface area contributed by atoms with Gasteiger partial charge in [0.15, 0.2) is 11.7 Å². The molecule has 0 aliphatic rings. The third-order valence-corrected chi connectivity index (χ3v) is 8.61. The Labute approximate surface area is 296 Å². The standard InChI is InChI=1S/C47H41N3/c1-5-14-36(6-2)38-27-25-35(26-28-38)33-49-47(50-46(48-4)44-23-12-19-40(31-44)37-16-8-7-9-17-37)45-24-13-22-43(32-45)42-21-11-20-41(30-42)39-18-10-15-34(3)29-39/h5-32H,4,33H2,1-3H3/b14-5-,36-6+,49-47?,50-46?. The average Bonchev–Trinajstić information content (AvgIpc) is 3.18. The SMILES string of the molecule is C=NC(=NC(=NCc1ccc(C(/C=C\C)=C/C)cc1)c1cccc(-c2cccc(-c3cccc(C)c3)c2)c1)c1cccc(-c2ccccc2)c1. The van der Waals surface area contributed by atoms with E-state index < -0.39 is 0 Å². The molecule has 244 valence electrons. The van der Waals surface area contributed by atoms with Crippen LogP contribution in [0.1, 0.15) is 41.7 Å². The quantitative estimate of drug-likeness (QED) is 0.0851. The summed E-state index contributed by atoms with van der Waals surface area (Å²) in [6.07, 6.45) is 6.31. The van der Waals surface area contributed by atoms with Gasteiger partial charge in [-0.05, 0) is 95.8 Å². The molecule has 0 fully saturated rings. The number of aryl methyl sites for hydroxylation is 1. The van der Waals surface area contributed by atoms with Crippen LogP contribution in [-0.4, -0.2) is 18.4 Å². The fourth-order valence-corrected chi connectivity index (χ4v) is 6.00. The molecule has 0 heterocycles. The molecule has 0 radical (unpaired) electrons. The molecule has 0 aromatic heterocycles. The molecule has 0 unspecified atom stereocenters. The summed E-state index contributed by atoms with van der Waals surface area (Å²) in [5.41, 5.74) is 13.3. The summed E-state index contributed by atoms with van der Waals surface area (Å²) < 4.78 is 0. The highest BCUT2D eigenvalue weighted by Crippen LogP contribution is 2.28. The van der Waals surface area contributed by atoms with E-state index in [-0.39, 0.29) is 0 Å². The maximum absolute atomic E-state index is 5.11. The lowest BCUT2D eigenvalue weighted by molar-refractivity contribution is 1.06. The average molecular weight is 648 g/mol. The normalized spacial score (nSPS) is 12.3. The van der Waals surface area contributed by atoms with Gasteiger partial charge in [-0.15, -0.1) is 0 Å². The predicted molar refractivity (Wildman–Crippen MR) is 215 cm³/mol. The van der Waals surface area contributed by atoms with Crippen molar-refractivity contribution < 1.29 is 0 Å². The molecular weight excluding hydrogens is 607 g/mol. The van der Waals surface area contributed by atoms with Crippen molar-refractivity contribution in [1.29, 1.82) is 0 Å². The van der Waals surface area contributed by atoms with E-state index in [9.17, 15) is 0 Å². The number of allylic oxidation sites excluding steroid dienone is 4. The van der Waals surface area contributed by atoms with E-state index in [0.717, 1.165) is 38.9 Å². The monoisotopic (exact) mass is 647 g/mol. The summed E-state index contributed by atoms with van der Waals surface area (Å²) >= 11 is 0. The summed E-state index contributed by atoms with van der Waals surface area (Å²) in [5, 5.41) is 0. The second kappa shape index (κ2) is 16.3. The first-order valence-corrected chi connectivity index (χ1v) is 17.0. The first-order chi connectivity index (χ1) is 24.5. The lowest BCUT2D eigenvalue weighted by Gasteiger charge is -2.10. The van der Waals surface area contributed by atoms with Gasteiger partial charge in [-0.3, -0.25) is 4.99 Å². The predicted octanol–water partition coefficient (Wildman–Crippen LogP) is 12.1. The summed E-state index contributed by atoms with van der Waals surface area (Å²) in [6.45, 7) is 10.6. The van der Waals surface area contributed by atoms with Crippen molar-refractivity contribution in [2.75, 3.05) is 0 Å². The first kappa shape index (κ1) is 33.7. The van der Waals surface area contributed by atoms with Gasteiger partial charge in [0.1, 0.15) is 0 Å². The molecule has 0 atom stereocenters. The van der Waals surface area contributed by atoms with Gasteiger partial charge in [-0.2, -0.15) is 0 Å². The highest BCUT2D eigenvalue weighted by Gasteiger charge is 2.11. The van der Waals surface area contributed by atoms with Gasteiger partial charge in [-0.25, -0.2) is 9.98 Å². The zero-order valence-electron chi connectivity index (χ0n) is 28.9. The highest BCUT2D eigenvalue weighted by molar-refractivity contribution is 6.13. The number of hydrogen-bond acceptors (Lipinski definition) is 1. The van der Waals surface area contributed by atoms with Gasteiger partial charge < -0.3 is 0 Å². The molecule has 6 aromatic carbocycles. The van der Waals surface area contributed by atoms with E-state index >= 15 is 0 Å². The van der Waals surface area contributed by atoms with Crippen LogP contribution in [0.15, 0.2) is 185 Å². The van der Waals surface area contributed by atoms with Crippen LogP contribution in [0.25, 0.3) is 39.0 Å². The molecule has 0 spiro atoms. The molecule has 0 bridgehead atoms. The minimum absolute atomic E-state index is 0.468.